The van der Waals surface area contributed by atoms with Gasteiger partial charge in [-0.3, -0.25) is 0 Å². The van der Waals surface area contributed by atoms with Gasteiger partial charge in [-0.15, -0.1) is 16.9 Å². The highest BCUT2D eigenvalue weighted by Crippen LogP contribution is 2.13. The average Bonchev–Trinajstić information content (AvgIpc) is 2.33. The zero-order valence-corrected chi connectivity index (χ0v) is 6.33. The predicted octanol–water partition coefficient (Wildman–Crippen LogP) is 1.09. The van der Waals surface area contributed by atoms with E-state index in [0.29, 0.717) is 0 Å². The highest BCUT2D eigenvalue weighted by Gasteiger charge is 2.01. The van der Waals surface area contributed by atoms with Crippen molar-refractivity contribution < 1.29 is 0 Å². The van der Waals surface area contributed by atoms with Crippen molar-refractivity contribution in [1.82, 2.24) is 15.4 Å². The molecule has 0 fully saturated rings. The third kappa shape index (κ3) is 1.24. The predicted molar refractivity (Wildman–Crippen MR) is 37.5 cm³/mol. The maximum absolute atomic E-state index is 3.95. The summed E-state index contributed by atoms with van der Waals surface area (Å²) in [6, 6.07) is 0. The standard InChI is InChI=1S/C5H9N3S/c1-3-4-5(9-2)7-8-6-4/h3H2,1-2H3,(H,6,7,8). The topological polar surface area (TPSA) is 41.6 Å². The van der Waals surface area contributed by atoms with E-state index in [1.54, 1.807) is 11.8 Å². The van der Waals surface area contributed by atoms with E-state index in [-0.39, 0.29) is 0 Å². The largest absolute Gasteiger partial charge is 0.197 e. The minimum atomic E-state index is 0.951. The van der Waals surface area contributed by atoms with Crippen molar-refractivity contribution in [3.05, 3.63) is 5.69 Å². The molecule has 0 amide bonds. The first-order chi connectivity index (χ1) is 4.38. The lowest BCUT2D eigenvalue weighted by atomic mass is 10.4. The summed E-state index contributed by atoms with van der Waals surface area (Å²) in [5.74, 6) is 0. The highest BCUT2D eigenvalue weighted by atomic mass is 32.2. The number of nitrogens with one attached hydrogen (secondary N) is 1. The van der Waals surface area contributed by atoms with Crippen molar-refractivity contribution in [3.63, 3.8) is 0 Å². The Morgan fingerprint density at radius 2 is 2.33 bits per heavy atom. The third-order valence-corrected chi connectivity index (χ3v) is 1.83. The van der Waals surface area contributed by atoms with Gasteiger partial charge in [0.05, 0.1) is 5.69 Å². The van der Waals surface area contributed by atoms with E-state index in [9.17, 15) is 0 Å². The smallest absolute Gasteiger partial charge is 0.141 e. The highest BCUT2D eigenvalue weighted by molar-refractivity contribution is 7.98. The number of H-pyrrole nitrogens is 1. The normalized spacial score (nSPS) is 10.0. The van der Waals surface area contributed by atoms with E-state index in [0.717, 1.165) is 17.1 Å². The molecule has 0 atom stereocenters. The molecule has 3 nitrogen and oxygen atoms in total. The van der Waals surface area contributed by atoms with Gasteiger partial charge < -0.3 is 0 Å². The number of hydrogen-bond donors (Lipinski definition) is 1. The summed E-state index contributed by atoms with van der Waals surface area (Å²) in [6.45, 7) is 2.07. The molecule has 1 rings (SSSR count). The lowest BCUT2D eigenvalue weighted by Crippen LogP contribution is -1.80. The zero-order valence-electron chi connectivity index (χ0n) is 5.51. The Hall–Kier alpha value is -0.510. The fourth-order valence-electron chi connectivity index (χ4n) is 0.637. The molecule has 0 unspecified atom stereocenters. The monoisotopic (exact) mass is 143 g/mol. The zero-order chi connectivity index (χ0) is 6.69. The molecule has 0 aliphatic heterocycles. The molecule has 9 heavy (non-hydrogen) atoms. The van der Waals surface area contributed by atoms with Gasteiger partial charge in [0.1, 0.15) is 5.03 Å². The SMILES string of the molecule is CCc1n[nH]nc1SC. The first-order valence-corrected chi connectivity index (χ1v) is 4.04. The summed E-state index contributed by atoms with van der Waals surface area (Å²) in [6.07, 6.45) is 2.95. The quantitative estimate of drug-likeness (QED) is 0.630. The van der Waals surface area contributed by atoms with Gasteiger partial charge in [-0.25, -0.2) is 0 Å². The Morgan fingerprint density at radius 3 is 2.78 bits per heavy atom. The molecule has 0 saturated heterocycles. The van der Waals surface area contributed by atoms with Crippen molar-refractivity contribution in [3.8, 4) is 0 Å². The fourth-order valence-corrected chi connectivity index (χ4v) is 1.19. The summed E-state index contributed by atoms with van der Waals surface area (Å²) in [5, 5.41) is 11.5. The second-order valence-corrected chi connectivity index (χ2v) is 2.43. The molecule has 0 bridgehead atoms. The van der Waals surface area contributed by atoms with Gasteiger partial charge in [0.2, 0.25) is 0 Å². The molecule has 0 aromatic carbocycles. The maximum Gasteiger partial charge on any atom is 0.141 e. The molecule has 4 heteroatoms. The number of aryl methyl sites for hydroxylation is 1. The average molecular weight is 143 g/mol. The fraction of sp³-hybridized carbons (Fsp3) is 0.600. The van der Waals surface area contributed by atoms with Crippen molar-refractivity contribution in [2.24, 2.45) is 0 Å². The van der Waals surface area contributed by atoms with Crippen LogP contribution in [-0.4, -0.2) is 21.7 Å². The Bertz CT molecular complexity index is 166. The van der Waals surface area contributed by atoms with Gasteiger partial charge in [0.15, 0.2) is 0 Å². The van der Waals surface area contributed by atoms with E-state index in [1.807, 2.05) is 6.26 Å². The molecule has 1 aromatic rings. The number of aromatic amines is 1. The van der Waals surface area contributed by atoms with Gasteiger partial charge in [0.25, 0.3) is 0 Å². The van der Waals surface area contributed by atoms with E-state index in [1.165, 1.54) is 0 Å². The second-order valence-electron chi connectivity index (χ2n) is 1.63. The second kappa shape index (κ2) is 2.87. The molecule has 0 radical (unpaired) electrons. The van der Waals surface area contributed by atoms with Crippen LogP contribution < -0.4 is 0 Å². The summed E-state index contributed by atoms with van der Waals surface area (Å²) in [7, 11) is 0. The van der Waals surface area contributed by atoms with Gasteiger partial charge in [0, 0.05) is 0 Å². The first kappa shape index (κ1) is 6.61. The molecular formula is C5H9N3S. The minimum Gasteiger partial charge on any atom is -0.197 e. The van der Waals surface area contributed by atoms with Gasteiger partial charge in [-0.05, 0) is 12.7 Å². The van der Waals surface area contributed by atoms with E-state index < -0.39 is 0 Å². The number of thioether (sulfide) groups is 1. The first-order valence-electron chi connectivity index (χ1n) is 2.82. The number of aromatic nitrogens is 3. The van der Waals surface area contributed by atoms with E-state index in [4.69, 9.17) is 0 Å². The molecule has 1 aromatic heterocycles. The molecular weight excluding hydrogens is 134 g/mol. The van der Waals surface area contributed by atoms with Crippen molar-refractivity contribution in [2.75, 3.05) is 6.26 Å². The lowest BCUT2D eigenvalue weighted by Gasteiger charge is -1.87. The Kier molecular flexibility index (Phi) is 2.10. The van der Waals surface area contributed by atoms with Gasteiger partial charge in [-0.2, -0.15) is 10.3 Å². The molecule has 0 saturated carbocycles. The Labute approximate surface area is 58.2 Å². The molecule has 0 spiro atoms. The van der Waals surface area contributed by atoms with Crippen LogP contribution in [0.4, 0.5) is 0 Å². The van der Waals surface area contributed by atoms with Crippen LogP contribution >= 0.6 is 11.8 Å². The van der Waals surface area contributed by atoms with Crippen LogP contribution in [0.2, 0.25) is 0 Å². The molecule has 1 heterocycles. The van der Waals surface area contributed by atoms with E-state index >= 15 is 0 Å². The van der Waals surface area contributed by atoms with Crippen molar-refractivity contribution in [1.29, 1.82) is 0 Å². The Morgan fingerprint density at radius 1 is 1.56 bits per heavy atom. The number of hydrogen-bond acceptors (Lipinski definition) is 3. The van der Waals surface area contributed by atoms with Crippen LogP contribution in [0, 0.1) is 0 Å². The molecule has 50 valence electrons. The van der Waals surface area contributed by atoms with Crippen LogP contribution in [0.1, 0.15) is 12.6 Å². The molecule has 1 N–H and O–H groups in total. The van der Waals surface area contributed by atoms with Crippen LogP contribution in [-0.2, 0) is 6.42 Å². The van der Waals surface area contributed by atoms with Crippen LogP contribution in [0.3, 0.4) is 0 Å². The van der Waals surface area contributed by atoms with Crippen molar-refractivity contribution in [2.45, 2.75) is 18.4 Å². The van der Waals surface area contributed by atoms with Crippen molar-refractivity contribution >= 4 is 11.8 Å². The molecule has 0 aliphatic rings. The summed E-state index contributed by atoms with van der Waals surface area (Å²) < 4.78 is 0. The minimum absolute atomic E-state index is 0.951. The summed E-state index contributed by atoms with van der Waals surface area (Å²) >= 11 is 1.62. The number of nitrogens with zero attached hydrogens (tertiary/aromatic N) is 2. The third-order valence-electron chi connectivity index (χ3n) is 1.11. The van der Waals surface area contributed by atoms with E-state index in [2.05, 4.69) is 22.3 Å². The lowest BCUT2D eigenvalue weighted by molar-refractivity contribution is 0.901. The van der Waals surface area contributed by atoms with Gasteiger partial charge in [-0.1, -0.05) is 6.92 Å². The summed E-state index contributed by atoms with van der Waals surface area (Å²) in [5.41, 5.74) is 1.06. The summed E-state index contributed by atoms with van der Waals surface area (Å²) in [4.78, 5) is 0. The van der Waals surface area contributed by atoms with Crippen LogP contribution in [0.5, 0.6) is 0 Å². The number of rotatable bonds is 2. The molecule has 0 aliphatic carbocycles. The van der Waals surface area contributed by atoms with Crippen LogP contribution in [0.15, 0.2) is 5.03 Å². The Balaban J connectivity index is 2.85. The maximum atomic E-state index is 3.95. The van der Waals surface area contributed by atoms with Crippen LogP contribution in [0.25, 0.3) is 0 Å². The van der Waals surface area contributed by atoms with Gasteiger partial charge >= 0.3 is 0 Å².